The fraction of sp³-hybridized carbons (Fsp3) is 0.318. The summed E-state index contributed by atoms with van der Waals surface area (Å²) < 4.78 is 19.7. The van der Waals surface area contributed by atoms with E-state index in [2.05, 4.69) is 17.1 Å². The van der Waals surface area contributed by atoms with Crippen LogP contribution < -0.4 is 0 Å². The van der Waals surface area contributed by atoms with Crippen LogP contribution in [0.4, 0.5) is 4.39 Å². The zero-order valence-corrected chi connectivity index (χ0v) is 15.8. The topological polar surface area (TPSA) is 59.2 Å². The van der Waals surface area contributed by atoms with Gasteiger partial charge < -0.3 is 9.32 Å². The maximum atomic E-state index is 14.0. The number of halogens is 1. The van der Waals surface area contributed by atoms with E-state index in [1.165, 1.54) is 11.6 Å². The summed E-state index contributed by atoms with van der Waals surface area (Å²) >= 11 is 0. The van der Waals surface area contributed by atoms with Crippen molar-refractivity contribution in [2.45, 2.75) is 38.6 Å². The van der Waals surface area contributed by atoms with Crippen LogP contribution in [-0.4, -0.2) is 27.5 Å². The zero-order chi connectivity index (χ0) is 19.5. The van der Waals surface area contributed by atoms with Crippen LogP contribution in [0.25, 0.3) is 11.5 Å². The Bertz CT molecular complexity index is 968. The van der Waals surface area contributed by atoms with Crippen LogP contribution in [0.15, 0.2) is 52.9 Å². The lowest BCUT2D eigenvalue weighted by molar-refractivity contribution is 0.0716. The Labute approximate surface area is 163 Å². The first-order chi connectivity index (χ1) is 13.7. The van der Waals surface area contributed by atoms with Gasteiger partial charge in [0, 0.05) is 12.1 Å². The molecule has 0 bridgehead atoms. The molecule has 1 atom stereocenters. The average Bonchev–Trinajstić information content (AvgIpc) is 3.38. The molecule has 1 amide bonds. The second kappa shape index (κ2) is 7.92. The molecule has 144 valence electrons. The summed E-state index contributed by atoms with van der Waals surface area (Å²) in [5, 5.41) is 8.10. The summed E-state index contributed by atoms with van der Waals surface area (Å²) in [5.74, 6) is 0.0310. The molecule has 4 rings (SSSR count). The van der Waals surface area contributed by atoms with E-state index in [0.29, 0.717) is 18.0 Å². The molecule has 5 nitrogen and oxygen atoms in total. The molecule has 0 saturated carbocycles. The Morgan fingerprint density at radius 2 is 1.96 bits per heavy atom. The number of nitrogens with zero attached hydrogens (tertiary/aromatic N) is 3. The summed E-state index contributed by atoms with van der Waals surface area (Å²) in [6.07, 6.45) is 3.69. The van der Waals surface area contributed by atoms with Gasteiger partial charge in [-0.05, 0) is 49.1 Å². The van der Waals surface area contributed by atoms with Crippen molar-refractivity contribution in [1.29, 1.82) is 0 Å². The number of hydrogen-bond acceptors (Lipinski definition) is 4. The first-order valence-corrected chi connectivity index (χ1v) is 9.65. The van der Waals surface area contributed by atoms with Gasteiger partial charge in [0.05, 0.1) is 5.56 Å². The normalized spacial score (nSPS) is 16.5. The minimum absolute atomic E-state index is 0.0452. The van der Waals surface area contributed by atoms with Gasteiger partial charge in [-0.3, -0.25) is 4.79 Å². The molecule has 0 N–H and O–H groups in total. The minimum atomic E-state index is -0.413. The van der Waals surface area contributed by atoms with Crippen molar-refractivity contribution in [2.24, 2.45) is 0 Å². The van der Waals surface area contributed by atoms with Crippen LogP contribution in [0.2, 0.25) is 0 Å². The number of aromatic nitrogens is 2. The second-order valence-electron chi connectivity index (χ2n) is 7.03. The summed E-state index contributed by atoms with van der Waals surface area (Å²) in [7, 11) is 0. The van der Waals surface area contributed by atoms with Crippen molar-refractivity contribution in [2.75, 3.05) is 6.54 Å². The standard InChI is InChI=1S/C22H22FN3O2/c1-2-6-15-10-12-16(13-11-15)22(27)26-14-5-9-19(26)21-25-24-20(28-21)17-7-3-4-8-18(17)23/h3-4,7-8,10-13,19H,2,5-6,9,14H2,1H3. The molecule has 1 fully saturated rings. The molecular weight excluding hydrogens is 357 g/mol. The van der Waals surface area contributed by atoms with Crippen LogP contribution in [0.5, 0.6) is 0 Å². The number of rotatable bonds is 5. The Kier molecular flexibility index (Phi) is 5.19. The molecule has 1 aliphatic rings. The third-order valence-corrected chi connectivity index (χ3v) is 5.08. The van der Waals surface area contributed by atoms with E-state index >= 15 is 0 Å². The smallest absolute Gasteiger partial charge is 0.254 e. The SMILES string of the molecule is CCCc1ccc(C(=O)N2CCCC2c2nnc(-c3ccccc3F)o2)cc1. The molecule has 3 aromatic rings. The molecule has 2 heterocycles. The monoisotopic (exact) mass is 379 g/mol. The van der Waals surface area contributed by atoms with Crippen LogP contribution >= 0.6 is 0 Å². The van der Waals surface area contributed by atoms with E-state index in [-0.39, 0.29) is 23.4 Å². The number of aryl methyl sites for hydroxylation is 1. The second-order valence-corrected chi connectivity index (χ2v) is 7.03. The highest BCUT2D eigenvalue weighted by Gasteiger charge is 2.34. The molecule has 1 aromatic heterocycles. The van der Waals surface area contributed by atoms with Gasteiger partial charge >= 0.3 is 0 Å². The molecule has 0 spiro atoms. The lowest BCUT2D eigenvalue weighted by Gasteiger charge is -2.22. The van der Waals surface area contributed by atoms with Crippen LogP contribution in [0.1, 0.15) is 54.0 Å². The van der Waals surface area contributed by atoms with Gasteiger partial charge in [0.2, 0.25) is 5.89 Å². The number of likely N-dealkylation sites (tertiary alicyclic amines) is 1. The van der Waals surface area contributed by atoms with Crippen LogP contribution in [0.3, 0.4) is 0 Å². The van der Waals surface area contributed by atoms with E-state index in [0.717, 1.165) is 25.7 Å². The van der Waals surface area contributed by atoms with E-state index in [4.69, 9.17) is 4.42 Å². The van der Waals surface area contributed by atoms with Gasteiger partial charge in [0.25, 0.3) is 11.8 Å². The quantitative estimate of drug-likeness (QED) is 0.639. The summed E-state index contributed by atoms with van der Waals surface area (Å²) in [5.41, 5.74) is 2.15. The number of carbonyl (C=O) groups is 1. The van der Waals surface area contributed by atoms with Gasteiger partial charge in [-0.25, -0.2) is 4.39 Å². The summed E-state index contributed by atoms with van der Waals surface area (Å²) in [6, 6.07) is 13.8. The predicted octanol–water partition coefficient (Wildman–Crippen LogP) is 4.81. The minimum Gasteiger partial charge on any atom is -0.418 e. The summed E-state index contributed by atoms with van der Waals surface area (Å²) in [6.45, 7) is 2.77. The molecule has 0 aliphatic carbocycles. The highest BCUT2D eigenvalue weighted by atomic mass is 19.1. The van der Waals surface area contributed by atoms with Crippen LogP contribution in [0, 0.1) is 5.82 Å². The van der Waals surface area contributed by atoms with Crippen molar-refractivity contribution in [1.82, 2.24) is 15.1 Å². The van der Waals surface area contributed by atoms with Gasteiger partial charge in [-0.2, -0.15) is 0 Å². The Hall–Kier alpha value is -3.02. The van der Waals surface area contributed by atoms with Gasteiger partial charge in [-0.1, -0.05) is 37.6 Å². The van der Waals surface area contributed by atoms with Gasteiger partial charge in [-0.15, -0.1) is 10.2 Å². The van der Waals surface area contributed by atoms with Crippen molar-refractivity contribution < 1.29 is 13.6 Å². The fourth-order valence-corrected chi connectivity index (χ4v) is 3.65. The molecule has 0 radical (unpaired) electrons. The van der Waals surface area contributed by atoms with Crippen molar-refractivity contribution in [3.8, 4) is 11.5 Å². The molecule has 1 saturated heterocycles. The number of benzene rings is 2. The highest BCUT2D eigenvalue weighted by molar-refractivity contribution is 5.94. The largest absolute Gasteiger partial charge is 0.418 e. The first-order valence-electron chi connectivity index (χ1n) is 9.65. The maximum Gasteiger partial charge on any atom is 0.254 e. The predicted molar refractivity (Wildman–Crippen MR) is 103 cm³/mol. The fourth-order valence-electron chi connectivity index (χ4n) is 3.65. The third-order valence-electron chi connectivity index (χ3n) is 5.08. The molecule has 1 unspecified atom stereocenters. The average molecular weight is 379 g/mol. The van der Waals surface area contributed by atoms with Crippen LogP contribution in [-0.2, 0) is 6.42 Å². The molecule has 1 aliphatic heterocycles. The highest BCUT2D eigenvalue weighted by Crippen LogP contribution is 2.34. The van der Waals surface area contributed by atoms with Gasteiger partial charge in [0.1, 0.15) is 11.9 Å². The Balaban J connectivity index is 1.55. The maximum absolute atomic E-state index is 14.0. The molecule has 6 heteroatoms. The van der Waals surface area contributed by atoms with E-state index in [9.17, 15) is 9.18 Å². The zero-order valence-electron chi connectivity index (χ0n) is 15.8. The lowest BCUT2D eigenvalue weighted by atomic mass is 10.1. The lowest BCUT2D eigenvalue weighted by Crippen LogP contribution is -2.30. The third kappa shape index (κ3) is 3.54. The van der Waals surface area contributed by atoms with Gasteiger partial charge in [0.15, 0.2) is 0 Å². The van der Waals surface area contributed by atoms with E-state index < -0.39 is 5.82 Å². The van der Waals surface area contributed by atoms with Crippen molar-refractivity contribution >= 4 is 5.91 Å². The number of carbonyl (C=O) groups excluding carboxylic acids is 1. The van der Waals surface area contributed by atoms with E-state index in [1.807, 2.05) is 24.3 Å². The molecule has 28 heavy (non-hydrogen) atoms. The first kappa shape index (κ1) is 18.3. The Morgan fingerprint density at radius 1 is 1.18 bits per heavy atom. The molecular formula is C22H22FN3O2. The Morgan fingerprint density at radius 3 is 2.71 bits per heavy atom. The number of hydrogen-bond donors (Lipinski definition) is 0. The van der Waals surface area contributed by atoms with Crippen molar-refractivity contribution in [3.63, 3.8) is 0 Å². The van der Waals surface area contributed by atoms with Crippen molar-refractivity contribution in [3.05, 3.63) is 71.4 Å². The van der Waals surface area contributed by atoms with E-state index in [1.54, 1.807) is 23.1 Å². The molecule has 2 aromatic carbocycles. The summed E-state index contributed by atoms with van der Waals surface area (Å²) in [4.78, 5) is 14.8. The number of amides is 1.